The van der Waals surface area contributed by atoms with E-state index in [0.29, 0.717) is 52.8 Å². The molecule has 4 N–H and O–H groups in total. The zero-order valence-corrected chi connectivity index (χ0v) is 23.6. The van der Waals surface area contributed by atoms with E-state index in [0.717, 1.165) is 31.2 Å². The molecule has 14 heteroatoms. The maximum Gasteiger partial charge on any atom is 0.439 e. The highest BCUT2D eigenvalue weighted by molar-refractivity contribution is 6.30. The van der Waals surface area contributed by atoms with Gasteiger partial charge in [-0.15, -0.1) is 0 Å². The first-order chi connectivity index (χ1) is 19.8. The van der Waals surface area contributed by atoms with Gasteiger partial charge in [0.25, 0.3) is 0 Å². The van der Waals surface area contributed by atoms with Gasteiger partial charge in [0.2, 0.25) is 17.6 Å². The number of amidine groups is 1. The van der Waals surface area contributed by atoms with Gasteiger partial charge in [0.1, 0.15) is 17.0 Å². The second-order valence-electron chi connectivity index (χ2n) is 11.0. The van der Waals surface area contributed by atoms with Crippen LogP contribution < -0.4 is 10.7 Å². The third-order valence-electron chi connectivity index (χ3n) is 7.90. The molecule has 2 fully saturated rings. The largest absolute Gasteiger partial charge is 0.580 e. The van der Waals surface area contributed by atoms with E-state index in [4.69, 9.17) is 41.6 Å². The summed E-state index contributed by atoms with van der Waals surface area (Å²) in [6.07, 6.45) is 9.40. The molecule has 41 heavy (non-hydrogen) atoms. The van der Waals surface area contributed by atoms with Gasteiger partial charge in [0, 0.05) is 31.0 Å². The van der Waals surface area contributed by atoms with Gasteiger partial charge < -0.3 is 14.6 Å². The fourth-order valence-corrected chi connectivity index (χ4v) is 6.08. The number of aromatic amines is 1. The Balaban J connectivity index is 1.58. The Morgan fingerprint density at radius 1 is 1.22 bits per heavy atom. The molecular formula is C27H32ClN10O3+. The molecule has 6 rings (SSSR count). The SMILES string of the molecule is CC(=N)N=C([OH2+])C1CCCN1c1nc2nc(-c3noc(=O)[nH]3)nc(-c3cncc(Cl)c3)c2n1CC1CCC(C)CC1. The Labute approximate surface area is 240 Å². The summed E-state index contributed by atoms with van der Waals surface area (Å²) in [5, 5.41) is 20.7. The number of fused-ring (bicyclic) bond motifs is 1. The van der Waals surface area contributed by atoms with Crippen LogP contribution in [0.3, 0.4) is 0 Å². The van der Waals surface area contributed by atoms with Crippen molar-refractivity contribution in [2.75, 3.05) is 11.4 Å². The summed E-state index contributed by atoms with van der Waals surface area (Å²) >= 11 is 6.36. The molecule has 0 amide bonds. The van der Waals surface area contributed by atoms with Crippen LogP contribution in [0.15, 0.2) is 32.8 Å². The minimum atomic E-state index is -0.712. The average molecular weight is 580 g/mol. The van der Waals surface area contributed by atoms with E-state index in [1.165, 1.54) is 12.8 Å². The van der Waals surface area contributed by atoms with E-state index < -0.39 is 5.76 Å². The number of aromatic nitrogens is 7. The summed E-state index contributed by atoms with van der Waals surface area (Å²) < 4.78 is 6.90. The van der Waals surface area contributed by atoms with Gasteiger partial charge in [-0.2, -0.15) is 9.98 Å². The lowest BCUT2D eigenvalue weighted by atomic mass is 9.83. The van der Waals surface area contributed by atoms with Crippen LogP contribution in [-0.4, -0.2) is 64.1 Å². The van der Waals surface area contributed by atoms with Crippen molar-refractivity contribution in [1.82, 2.24) is 34.6 Å². The zero-order chi connectivity index (χ0) is 28.7. The van der Waals surface area contributed by atoms with Crippen LogP contribution in [0.25, 0.3) is 34.1 Å². The van der Waals surface area contributed by atoms with Crippen molar-refractivity contribution in [2.24, 2.45) is 16.8 Å². The molecule has 0 aromatic carbocycles. The molecule has 0 bridgehead atoms. The van der Waals surface area contributed by atoms with Crippen molar-refractivity contribution in [3.8, 4) is 22.9 Å². The number of rotatable bonds is 6. The standard InChI is InChI=1S/C27H31ClN10O3/c1-14-5-7-16(8-6-14)13-38-21-20(17-10-18(28)12-30-11-17)32-23(24-35-27(40)41-36-24)33-22(21)34-26(38)37-9-3-4-19(37)25(39)31-15(2)29/h10-12,14,16,19H,3-9,13H2,1-2H3,(H2,29,31,39)(H,35,36,40)/p+1. The predicted molar refractivity (Wildman–Crippen MR) is 156 cm³/mol. The summed E-state index contributed by atoms with van der Waals surface area (Å²) in [4.78, 5) is 39.4. The topological polar surface area (TPSA) is 178 Å². The maximum atomic E-state index is 11.7. The van der Waals surface area contributed by atoms with Gasteiger partial charge in [-0.1, -0.05) is 36.5 Å². The highest BCUT2D eigenvalue weighted by Gasteiger charge is 2.37. The van der Waals surface area contributed by atoms with E-state index in [-0.39, 0.29) is 29.4 Å². The molecule has 1 saturated carbocycles. The molecule has 214 valence electrons. The number of anilines is 1. The lowest BCUT2D eigenvalue weighted by Gasteiger charge is -2.29. The fraction of sp³-hybridized carbons (Fsp3) is 0.481. The molecule has 5 heterocycles. The van der Waals surface area contributed by atoms with Gasteiger partial charge in [0.15, 0.2) is 11.7 Å². The van der Waals surface area contributed by atoms with Gasteiger partial charge in [-0.25, -0.2) is 14.8 Å². The van der Waals surface area contributed by atoms with Crippen LogP contribution in [-0.2, 0) is 6.54 Å². The number of hydrogen-bond donors (Lipinski definition) is 2. The lowest BCUT2D eigenvalue weighted by Crippen LogP contribution is -2.38. The molecule has 1 aliphatic carbocycles. The van der Waals surface area contributed by atoms with Crippen LogP contribution in [0.2, 0.25) is 5.02 Å². The Morgan fingerprint density at radius 2 is 2.02 bits per heavy atom. The Bertz CT molecular complexity index is 1680. The number of halogens is 1. The smallest absolute Gasteiger partial charge is 0.439 e. The summed E-state index contributed by atoms with van der Waals surface area (Å²) in [5.74, 6) is 1.60. The summed E-state index contributed by atoms with van der Waals surface area (Å²) in [6, 6.07) is 1.47. The molecule has 2 aliphatic rings. The van der Waals surface area contributed by atoms with Crippen LogP contribution in [0.5, 0.6) is 0 Å². The summed E-state index contributed by atoms with van der Waals surface area (Å²) in [5.41, 5.74) is 2.36. The molecule has 13 nitrogen and oxygen atoms in total. The second kappa shape index (κ2) is 11.0. The number of aliphatic imine (C=N–C) groups is 1. The third kappa shape index (κ3) is 5.45. The van der Waals surface area contributed by atoms with Gasteiger partial charge in [-0.3, -0.25) is 19.9 Å². The number of imidazole rings is 1. The zero-order valence-electron chi connectivity index (χ0n) is 22.9. The molecule has 1 unspecified atom stereocenters. The van der Waals surface area contributed by atoms with Crippen molar-refractivity contribution in [3.63, 3.8) is 0 Å². The highest BCUT2D eigenvalue weighted by atomic mass is 35.5. The molecule has 0 spiro atoms. The Kier molecular flexibility index (Phi) is 7.28. The van der Waals surface area contributed by atoms with Crippen molar-refractivity contribution in [1.29, 1.82) is 5.41 Å². The number of hydrogen-bond acceptors (Lipinski definition) is 9. The average Bonchev–Trinajstić information content (AvgIpc) is 3.68. The monoisotopic (exact) mass is 579 g/mol. The van der Waals surface area contributed by atoms with E-state index >= 15 is 0 Å². The van der Waals surface area contributed by atoms with E-state index in [9.17, 15) is 4.79 Å². The van der Waals surface area contributed by atoms with E-state index in [2.05, 4.69) is 36.5 Å². The van der Waals surface area contributed by atoms with E-state index in [1.54, 1.807) is 25.4 Å². The first-order valence-electron chi connectivity index (χ1n) is 13.8. The van der Waals surface area contributed by atoms with Gasteiger partial charge in [0.05, 0.1) is 5.02 Å². The van der Waals surface area contributed by atoms with Gasteiger partial charge in [-0.05, 0) is 50.5 Å². The minimum absolute atomic E-state index is 0.0894. The van der Waals surface area contributed by atoms with Crippen molar-refractivity contribution >= 4 is 40.4 Å². The number of nitrogens with one attached hydrogen (secondary N) is 2. The maximum absolute atomic E-state index is 11.7. The number of H-pyrrole nitrogens is 1. The first kappa shape index (κ1) is 27.1. The number of pyridine rings is 1. The molecule has 1 saturated heterocycles. The summed E-state index contributed by atoms with van der Waals surface area (Å²) in [6.45, 7) is 5.27. The van der Waals surface area contributed by atoms with Crippen LogP contribution >= 0.6 is 11.6 Å². The van der Waals surface area contributed by atoms with Crippen LogP contribution in [0.4, 0.5) is 5.95 Å². The Hall–Kier alpha value is -4.13. The number of nitrogens with zero attached hydrogens (tertiary/aromatic N) is 8. The van der Waals surface area contributed by atoms with Gasteiger partial charge >= 0.3 is 11.7 Å². The molecule has 1 aliphatic heterocycles. The Morgan fingerprint density at radius 3 is 2.73 bits per heavy atom. The normalized spacial score (nSPS) is 21.6. The van der Waals surface area contributed by atoms with Crippen LogP contribution in [0.1, 0.15) is 52.4 Å². The molecular weight excluding hydrogens is 548 g/mol. The molecule has 0 radical (unpaired) electrons. The second-order valence-corrected chi connectivity index (χ2v) is 11.4. The third-order valence-corrected chi connectivity index (χ3v) is 8.11. The van der Waals surface area contributed by atoms with Crippen molar-refractivity contribution < 1.29 is 9.63 Å². The van der Waals surface area contributed by atoms with E-state index in [1.807, 2.05) is 0 Å². The van der Waals surface area contributed by atoms with Crippen molar-refractivity contribution in [3.05, 3.63) is 34.0 Å². The molecule has 4 aromatic heterocycles. The lowest BCUT2D eigenvalue weighted by molar-refractivity contribution is 0.267. The fourth-order valence-electron chi connectivity index (χ4n) is 5.91. The first-order valence-corrected chi connectivity index (χ1v) is 14.2. The molecule has 4 aromatic rings. The molecule has 1 atom stereocenters. The highest BCUT2D eigenvalue weighted by Crippen LogP contribution is 2.37. The van der Waals surface area contributed by atoms with Crippen molar-refractivity contribution in [2.45, 2.75) is 65.0 Å². The predicted octanol–water partition coefficient (Wildman–Crippen LogP) is 3.80. The van der Waals surface area contributed by atoms with Crippen LogP contribution in [0, 0.1) is 17.2 Å². The quantitative estimate of drug-likeness (QED) is 0.197. The summed E-state index contributed by atoms with van der Waals surface area (Å²) in [7, 11) is 0. The minimum Gasteiger partial charge on any atom is -0.580 e.